The predicted octanol–water partition coefficient (Wildman–Crippen LogP) is 5.55. The molecule has 2 aliphatic heterocycles. The monoisotopic (exact) mass is 537 g/mol. The number of imidazole rings is 1. The smallest absolute Gasteiger partial charge is 0.189 e. The molecule has 0 spiro atoms. The van der Waals surface area contributed by atoms with Gasteiger partial charge in [0.15, 0.2) is 22.5 Å². The lowest BCUT2D eigenvalue weighted by molar-refractivity contribution is 0.258. The molecule has 0 amide bonds. The Morgan fingerprint density at radius 3 is 2.76 bits per heavy atom. The van der Waals surface area contributed by atoms with E-state index in [2.05, 4.69) is 29.1 Å². The fourth-order valence-corrected chi connectivity index (χ4v) is 5.94. The second-order valence-corrected chi connectivity index (χ2v) is 11.0. The summed E-state index contributed by atoms with van der Waals surface area (Å²) in [6.07, 6.45) is 3.09. The number of piperazine rings is 1. The summed E-state index contributed by atoms with van der Waals surface area (Å²) in [5.74, 6) is 1.16. The Labute approximate surface area is 225 Å². The minimum absolute atomic E-state index is 0.173. The minimum atomic E-state index is -0.378. The van der Waals surface area contributed by atoms with E-state index in [1.54, 1.807) is 24.9 Å². The van der Waals surface area contributed by atoms with Crippen LogP contribution >= 0.6 is 11.8 Å². The molecule has 4 aromatic rings. The van der Waals surface area contributed by atoms with Crippen LogP contribution in [-0.2, 0) is 6.61 Å². The van der Waals surface area contributed by atoms with Gasteiger partial charge < -0.3 is 24.2 Å². The summed E-state index contributed by atoms with van der Waals surface area (Å²) in [4.78, 5) is 9.47. The maximum absolute atomic E-state index is 14.8. The van der Waals surface area contributed by atoms with Crippen LogP contribution in [0.1, 0.15) is 25.8 Å². The number of nitrogens with zero attached hydrogens (tertiary/aromatic N) is 4. The molecule has 0 bridgehead atoms. The number of aromatic nitrogens is 2. The molecule has 0 radical (unpaired) electrons. The molecule has 1 atom stereocenters. The molecule has 1 saturated heterocycles. The van der Waals surface area contributed by atoms with E-state index in [9.17, 15) is 4.39 Å². The normalized spacial score (nSPS) is 17.6. The maximum atomic E-state index is 14.8. The minimum Gasteiger partial charge on any atom is -0.497 e. The molecule has 8 nitrogen and oxygen atoms in total. The first-order valence-corrected chi connectivity index (χ1v) is 13.9. The number of anilines is 1. The Balaban J connectivity index is 1.23. The molecular weight excluding hydrogens is 505 g/mol. The van der Waals surface area contributed by atoms with Crippen LogP contribution in [0.4, 0.5) is 10.1 Å². The number of ether oxygens (including phenoxy) is 2. The van der Waals surface area contributed by atoms with Crippen molar-refractivity contribution >= 4 is 28.4 Å². The first-order chi connectivity index (χ1) is 18.5. The van der Waals surface area contributed by atoms with Gasteiger partial charge in [-0.2, -0.15) is 0 Å². The van der Waals surface area contributed by atoms with Gasteiger partial charge in [-0.15, -0.1) is 0 Å². The maximum Gasteiger partial charge on any atom is 0.189 e. The number of rotatable bonds is 8. The number of methoxy groups -OCH3 is 1. The lowest BCUT2D eigenvalue weighted by atomic mass is 10.1. The van der Waals surface area contributed by atoms with E-state index in [0.29, 0.717) is 17.1 Å². The molecule has 0 saturated carbocycles. The predicted molar refractivity (Wildman–Crippen MR) is 148 cm³/mol. The van der Waals surface area contributed by atoms with E-state index in [1.807, 2.05) is 35.1 Å². The van der Waals surface area contributed by atoms with Gasteiger partial charge in [0, 0.05) is 54.9 Å². The van der Waals surface area contributed by atoms with Crippen molar-refractivity contribution in [3.63, 3.8) is 0 Å². The first kappa shape index (κ1) is 24.9. The zero-order valence-electron chi connectivity index (χ0n) is 21.9. The summed E-state index contributed by atoms with van der Waals surface area (Å²) in [6.45, 7) is 9.45. The summed E-state index contributed by atoms with van der Waals surface area (Å²) in [6, 6.07) is 10.8. The second kappa shape index (κ2) is 10.4. The average Bonchev–Trinajstić information content (AvgIpc) is 3.61. The Kier molecular flexibility index (Phi) is 6.84. The highest BCUT2D eigenvalue weighted by atomic mass is 32.2. The fraction of sp³-hybridized carbons (Fsp3) is 0.393. The third-order valence-electron chi connectivity index (χ3n) is 7.04. The van der Waals surface area contributed by atoms with Crippen molar-refractivity contribution in [1.29, 1.82) is 0 Å². The largest absolute Gasteiger partial charge is 0.497 e. The standard InChI is InChI=1S/C28H32FN5O3S/c1-4-7-32-8-10-33(11-9-32)20-5-6-23(29)26(13-20)36-17-19-12-21(35-3)14-25-22(19)15-27(37-25)24-16-34-28(30-24)38-18(2)31-34/h5-6,12-16,18,31H,4,7-11,17H2,1-3H3. The van der Waals surface area contributed by atoms with Crippen molar-refractivity contribution in [2.75, 3.05) is 50.2 Å². The molecule has 0 aliphatic carbocycles. The van der Waals surface area contributed by atoms with Gasteiger partial charge in [-0.3, -0.25) is 4.90 Å². The molecule has 10 heteroatoms. The highest BCUT2D eigenvalue weighted by molar-refractivity contribution is 8.00. The van der Waals surface area contributed by atoms with Crippen molar-refractivity contribution in [1.82, 2.24) is 14.6 Å². The van der Waals surface area contributed by atoms with Gasteiger partial charge in [-0.25, -0.2) is 14.1 Å². The van der Waals surface area contributed by atoms with Gasteiger partial charge in [0.2, 0.25) is 0 Å². The van der Waals surface area contributed by atoms with Crippen molar-refractivity contribution in [3.8, 4) is 23.0 Å². The topological polar surface area (TPSA) is 67.9 Å². The summed E-state index contributed by atoms with van der Waals surface area (Å²) in [7, 11) is 1.61. The second-order valence-electron chi connectivity index (χ2n) is 9.71. The number of nitrogens with one attached hydrogen (secondary N) is 1. The fourth-order valence-electron chi connectivity index (χ4n) is 5.09. The Morgan fingerprint density at radius 1 is 1.16 bits per heavy atom. The van der Waals surface area contributed by atoms with E-state index >= 15 is 0 Å². The number of benzene rings is 2. The third kappa shape index (κ3) is 4.90. The van der Waals surface area contributed by atoms with Crippen LogP contribution in [0.25, 0.3) is 22.4 Å². The number of hydrogen-bond acceptors (Lipinski definition) is 8. The average molecular weight is 538 g/mol. The molecule has 2 aromatic heterocycles. The molecule has 38 heavy (non-hydrogen) atoms. The number of hydrogen-bond donors (Lipinski definition) is 1. The zero-order chi connectivity index (χ0) is 26.2. The molecule has 6 rings (SSSR count). The van der Waals surface area contributed by atoms with Crippen LogP contribution in [0.3, 0.4) is 0 Å². The van der Waals surface area contributed by atoms with Crippen LogP contribution in [0.2, 0.25) is 0 Å². The van der Waals surface area contributed by atoms with Gasteiger partial charge >= 0.3 is 0 Å². The van der Waals surface area contributed by atoms with Crippen molar-refractivity contribution in [3.05, 3.63) is 54.0 Å². The SMILES string of the molecule is CCCN1CCN(c2ccc(F)c(OCc3cc(OC)cc4oc(-c5cn6c(n5)SC(C)N6)cc34)c2)CC1. The number of halogens is 1. The summed E-state index contributed by atoms with van der Waals surface area (Å²) >= 11 is 1.66. The van der Waals surface area contributed by atoms with Crippen molar-refractivity contribution < 1.29 is 18.3 Å². The summed E-state index contributed by atoms with van der Waals surface area (Å²) in [5, 5.41) is 2.06. The van der Waals surface area contributed by atoms with Gasteiger partial charge in [0.1, 0.15) is 23.6 Å². The van der Waals surface area contributed by atoms with Crippen LogP contribution < -0.4 is 19.8 Å². The van der Waals surface area contributed by atoms with E-state index in [-0.39, 0.29) is 23.5 Å². The zero-order valence-corrected chi connectivity index (χ0v) is 22.7. The quantitative estimate of drug-likeness (QED) is 0.314. The molecular formula is C28H32FN5O3S. The van der Waals surface area contributed by atoms with Crippen LogP contribution in [0.5, 0.6) is 11.5 Å². The van der Waals surface area contributed by atoms with Crippen molar-refractivity contribution in [2.24, 2.45) is 0 Å². The number of thioether (sulfide) groups is 1. The molecule has 2 aliphatic rings. The summed E-state index contributed by atoms with van der Waals surface area (Å²) < 4.78 is 34.4. The van der Waals surface area contributed by atoms with E-state index < -0.39 is 0 Å². The van der Waals surface area contributed by atoms with Gasteiger partial charge in [0.05, 0.1) is 18.7 Å². The van der Waals surface area contributed by atoms with Gasteiger partial charge in [-0.1, -0.05) is 18.7 Å². The van der Waals surface area contributed by atoms with Crippen LogP contribution in [0.15, 0.2) is 52.2 Å². The lowest BCUT2D eigenvalue weighted by Gasteiger charge is -2.36. The third-order valence-corrected chi connectivity index (χ3v) is 7.99. The molecule has 200 valence electrons. The molecule has 1 N–H and O–H groups in total. The Bertz CT molecular complexity index is 1420. The number of furan rings is 1. The first-order valence-electron chi connectivity index (χ1n) is 13.0. The van der Waals surface area contributed by atoms with Crippen LogP contribution in [-0.4, -0.2) is 59.8 Å². The van der Waals surface area contributed by atoms with E-state index in [4.69, 9.17) is 18.9 Å². The number of fused-ring (bicyclic) bond motifs is 2. The van der Waals surface area contributed by atoms with Crippen LogP contribution in [0, 0.1) is 5.82 Å². The molecule has 4 heterocycles. The lowest BCUT2D eigenvalue weighted by Crippen LogP contribution is -2.46. The molecule has 1 fully saturated rings. The molecule has 1 unspecified atom stereocenters. The van der Waals surface area contributed by atoms with Crippen molar-refractivity contribution in [2.45, 2.75) is 37.4 Å². The summed E-state index contributed by atoms with van der Waals surface area (Å²) in [5.41, 5.74) is 6.56. The Hall–Kier alpha value is -3.37. The molecule has 2 aromatic carbocycles. The highest BCUT2D eigenvalue weighted by Crippen LogP contribution is 2.36. The Morgan fingerprint density at radius 2 is 2.00 bits per heavy atom. The highest BCUT2D eigenvalue weighted by Gasteiger charge is 2.23. The van der Waals surface area contributed by atoms with E-state index in [1.165, 1.54) is 6.07 Å². The van der Waals surface area contributed by atoms with Gasteiger partial charge in [-0.05, 0) is 44.2 Å². The van der Waals surface area contributed by atoms with E-state index in [0.717, 1.165) is 66.6 Å². The van der Waals surface area contributed by atoms with Gasteiger partial charge in [0.25, 0.3) is 0 Å².